The average molecular weight is 531 g/mol. The highest BCUT2D eigenvalue weighted by Gasteiger charge is 2.34. The summed E-state index contributed by atoms with van der Waals surface area (Å²) in [5.74, 6) is 0.351. The summed E-state index contributed by atoms with van der Waals surface area (Å²) in [6.07, 6.45) is 3.05. The molecule has 0 aliphatic carbocycles. The van der Waals surface area contributed by atoms with Gasteiger partial charge in [-0.1, -0.05) is 11.6 Å². The van der Waals surface area contributed by atoms with Crippen LogP contribution in [0.1, 0.15) is 37.4 Å². The van der Waals surface area contributed by atoms with Gasteiger partial charge in [0.25, 0.3) is 0 Å². The predicted molar refractivity (Wildman–Crippen MR) is 144 cm³/mol. The molecule has 36 heavy (non-hydrogen) atoms. The lowest BCUT2D eigenvalue weighted by atomic mass is 9.81. The molecule has 0 amide bonds. The van der Waals surface area contributed by atoms with E-state index in [4.69, 9.17) is 16.3 Å². The molecule has 8 heteroatoms. The van der Waals surface area contributed by atoms with E-state index in [1.807, 2.05) is 42.5 Å². The van der Waals surface area contributed by atoms with Crippen molar-refractivity contribution in [3.05, 3.63) is 65.3 Å². The molecule has 1 aliphatic rings. The van der Waals surface area contributed by atoms with Crippen molar-refractivity contribution < 1.29 is 19.0 Å². The average Bonchev–Trinajstić information content (AvgIpc) is 2.90. The molecule has 2 heterocycles. The molecule has 0 unspecified atom stereocenters. The maximum Gasteiger partial charge on any atom is 0.308 e. The molecule has 3 atom stereocenters. The largest absolute Gasteiger partial charge is 0.497 e. The zero-order chi connectivity index (χ0) is 25.5. The Labute approximate surface area is 221 Å². The Morgan fingerprint density at radius 2 is 2.08 bits per heavy atom. The molecule has 1 fully saturated rings. The maximum atomic E-state index is 15.4. The number of aliphatic carboxylic acids is 1. The first kappa shape index (κ1) is 26.7. The van der Waals surface area contributed by atoms with Gasteiger partial charge in [0, 0.05) is 28.0 Å². The Morgan fingerprint density at radius 1 is 1.28 bits per heavy atom. The highest BCUT2D eigenvalue weighted by Crippen LogP contribution is 2.35. The lowest BCUT2D eigenvalue weighted by Gasteiger charge is -2.36. The zero-order valence-electron chi connectivity index (χ0n) is 20.4. The number of aromatic nitrogens is 1. The van der Waals surface area contributed by atoms with E-state index in [0.717, 1.165) is 47.6 Å². The number of hydrogen-bond acceptors (Lipinski definition) is 5. The fraction of sp³-hybridized carbons (Fsp3) is 0.429. The van der Waals surface area contributed by atoms with E-state index in [2.05, 4.69) is 9.88 Å². The van der Waals surface area contributed by atoms with Crippen molar-refractivity contribution in [3.63, 3.8) is 0 Å². The number of methoxy groups -OCH3 is 1. The van der Waals surface area contributed by atoms with Crippen molar-refractivity contribution in [2.45, 2.75) is 36.8 Å². The molecule has 3 aromatic rings. The minimum atomic E-state index is -1.18. The van der Waals surface area contributed by atoms with Crippen LogP contribution in [0.15, 0.2) is 59.6 Å². The second-order valence-electron chi connectivity index (χ2n) is 9.28. The molecule has 0 spiro atoms. The summed E-state index contributed by atoms with van der Waals surface area (Å²) < 4.78 is 20.7. The minimum Gasteiger partial charge on any atom is -0.497 e. The number of pyridine rings is 1. The first-order valence-corrected chi connectivity index (χ1v) is 13.7. The van der Waals surface area contributed by atoms with E-state index in [1.54, 1.807) is 31.1 Å². The van der Waals surface area contributed by atoms with Gasteiger partial charge in [-0.25, -0.2) is 4.39 Å². The number of rotatable bonds is 11. The SMILES string of the molecule is COc1ccc2nccc([C@H](F)CC[C@@H]3CCN(CCCSc4ccc(Cl)cc4)C[C@@H]3C(=O)O)c2c1. The van der Waals surface area contributed by atoms with Gasteiger partial charge in [-0.05, 0) is 105 Å². The van der Waals surface area contributed by atoms with Gasteiger partial charge in [0.1, 0.15) is 11.9 Å². The zero-order valence-corrected chi connectivity index (χ0v) is 22.0. The molecule has 0 bridgehead atoms. The smallest absolute Gasteiger partial charge is 0.308 e. The van der Waals surface area contributed by atoms with Crippen LogP contribution in [0, 0.1) is 11.8 Å². The summed E-state index contributed by atoms with van der Waals surface area (Å²) in [5, 5.41) is 11.4. The number of nitrogens with zero attached hydrogens (tertiary/aromatic N) is 2. The highest BCUT2D eigenvalue weighted by atomic mass is 35.5. The van der Waals surface area contributed by atoms with Crippen LogP contribution in [0.25, 0.3) is 10.9 Å². The van der Waals surface area contributed by atoms with E-state index >= 15 is 4.39 Å². The monoisotopic (exact) mass is 530 g/mol. The first-order chi connectivity index (χ1) is 17.4. The van der Waals surface area contributed by atoms with Crippen molar-refractivity contribution in [2.24, 2.45) is 11.8 Å². The molecule has 4 rings (SSSR count). The van der Waals surface area contributed by atoms with E-state index in [-0.39, 0.29) is 5.92 Å². The summed E-state index contributed by atoms with van der Waals surface area (Å²) in [6.45, 7) is 2.25. The third-order valence-corrected chi connectivity index (χ3v) is 8.32. The predicted octanol–water partition coefficient (Wildman–Crippen LogP) is 6.89. The van der Waals surface area contributed by atoms with Crippen LogP contribution in [0.4, 0.5) is 4.39 Å². The van der Waals surface area contributed by atoms with E-state index in [1.165, 1.54) is 4.90 Å². The number of ether oxygens (including phenoxy) is 1. The van der Waals surface area contributed by atoms with Crippen molar-refractivity contribution in [1.29, 1.82) is 0 Å². The van der Waals surface area contributed by atoms with E-state index < -0.39 is 18.1 Å². The fourth-order valence-electron chi connectivity index (χ4n) is 4.97. The van der Waals surface area contributed by atoms with Gasteiger partial charge < -0.3 is 14.7 Å². The number of likely N-dealkylation sites (tertiary alicyclic amines) is 1. The Bertz CT molecular complexity index is 1160. The van der Waals surface area contributed by atoms with Crippen LogP contribution in [0.5, 0.6) is 5.75 Å². The van der Waals surface area contributed by atoms with Gasteiger partial charge in [0.05, 0.1) is 18.5 Å². The number of thioether (sulfide) groups is 1. The summed E-state index contributed by atoms with van der Waals surface area (Å²) in [6, 6.07) is 15.0. The quantitative estimate of drug-likeness (QED) is 0.215. The maximum absolute atomic E-state index is 15.4. The number of hydrogen-bond donors (Lipinski definition) is 1. The lowest BCUT2D eigenvalue weighted by molar-refractivity contribution is -0.146. The van der Waals surface area contributed by atoms with Gasteiger partial charge in [0.2, 0.25) is 0 Å². The number of piperidine rings is 1. The highest BCUT2D eigenvalue weighted by molar-refractivity contribution is 7.99. The molecule has 0 radical (unpaired) electrons. The molecule has 2 aromatic carbocycles. The topological polar surface area (TPSA) is 62.7 Å². The lowest BCUT2D eigenvalue weighted by Crippen LogP contribution is -2.44. The Morgan fingerprint density at radius 3 is 2.83 bits per heavy atom. The molecule has 0 saturated carbocycles. The van der Waals surface area contributed by atoms with Gasteiger partial charge in [-0.15, -0.1) is 11.8 Å². The van der Waals surface area contributed by atoms with Crippen molar-refractivity contribution in [2.75, 3.05) is 32.5 Å². The molecular formula is C28H32ClFN2O3S. The van der Waals surface area contributed by atoms with Crippen molar-refractivity contribution in [3.8, 4) is 5.75 Å². The Balaban J connectivity index is 1.29. The number of benzene rings is 2. The molecule has 1 aromatic heterocycles. The number of carbonyl (C=O) groups is 1. The van der Waals surface area contributed by atoms with Gasteiger partial charge in [-0.3, -0.25) is 9.78 Å². The molecule has 1 aliphatic heterocycles. The molecule has 1 saturated heterocycles. The number of carboxylic acid groups (broad SMARTS) is 1. The van der Waals surface area contributed by atoms with Gasteiger partial charge in [0.15, 0.2) is 0 Å². The van der Waals surface area contributed by atoms with Crippen LogP contribution in [-0.4, -0.2) is 53.5 Å². The minimum absolute atomic E-state index is 0.0249. The number of fused-ring (bicyclic) bond motifs is 1. The molecular weight excluding hydrogens is 499 g/mol. The second kappa shape index (κ2) is 12.7. The fourth-order valence-corrected chi connectivity index (χ4v) is 5.93. The summed E-state index contributed by atoms with van der Waals surface area (Å²) >= 11 is 7.72. The summed E-state index contributed by atoms with van der Waals surface area (Å²) in [4.78, 5) is 19.8. The first-order valence-electron chi connectivity index (χ1n) is 12.3. The standard InChI is InChI=1S/C28H32ClFN2O3S/c1-35-21-6-10-27-24(17-21)23(11-13-31-27)26(30)9-3-19-12-15-32(18-25(19)28(33)34)14-2-16-36-22-7-4-20(29)5-8-22/h4-8,10-11,13,17,19,25-26H,2-3,9,12,14-16,18H2,1H3,(H,33,34)/t19-,25+,26-/m1/s1. The summed E-state index contributed by atoms with van der Waals surface area (Å²) in [5.41, 5.74) is 1.31. The van der Waals surface area contributed by atoms with E-state index in [9.17, 15) is 9.90 Å². The number of carboxylic acids is 1. The normalized spacial score (nSPS) is 19.3. The van der Waals surface area contributed by atoms with Crippen LogP contribution >= 0.6 is 23.4 Å². The van der Waals surface area contributed by atoms with E-state index in [0.29, 0.717) is 30.7 Å². The Kier molecular flexibility index (Phi) is 9.46. The number of halogens is 2. The van der Waals surface area contributed by atoms with Gasteiger partial charge >= 0.3 is 5.97 Å². The van der Waals surface area contributed by atoms with Crippen LogP contribution in [-0.2, 0) is 4.79 Å². The number of alkyl halides is 1. The summed E-state index contributed by atoms with van der Waals surface area (Å²) in [7, 11) is 1.58. The van der Waals surface area contributed by atoms with Crippen molar-refractivity contribution >= 4 is 40.2 Å². The third-order valence-electron chi connectivity index (χ3n) is 6.97. The molecule has 5 nitrogen and oxygen atoms in total. The molecule has 1 N–H and O–H groups in total. The van der Waals surface area contributed by atoms with Crippen molar-refractivity contribution in [1.82, 2.24) is 9.88 Å². The molecule has 192 valence electrons. The van der Waals surface area contributed by atoms with Gasteiger partial charge in [-0.2, -0.15) is 0 Å². The third kappa shape index (κ3) is 6.90. The van der Waals surface area contributed by atoms with Crippen LogP contribution < -0.4 is 4.74 Å². The second-order valence-corrected chi connectivity index (χ2v) is 10.9. The van der Waals surface area contributed by atoms with Crippen LogP contribution in [0.2, 0.25) is 5.02 Å². The van der Waals surface area contributed by atoms with Crippen LogP contribution in [0.3, 0.4) is 0 Å². The Hall–Kier alpha value is -2.35.